The minimum absolute atomic E-state index is 0.00620. The number of thioether (sulfide) groups is 1. The maximum absolute atomic E-state index is 13.1. The zero-order valence-electron chi connectivity index (χ0n) is 21.1. The molecule has 2 fully saturated rings. The van der Waals surface area contributed by atoms with Crippen LogP contribution in [0.3, 0.4) is 0 Å². The molecule has 0 saturated carbocycles. The van der Waals surface area contributed by atoms with Gasteiger partial charge >= 0.3 is 5.97 Å². The van der Waals surface area contributed by atoms with Crippen LogP contribution in [0, 0.1) is 5.41 Å². The highest BCUT2D eigenvalue weighted by molar-refractivity contribution is 7.98. The number of rotatable bonds is 7. The summed E-state index contributed by atoms with van der Waals surface area (Å²) in [5.74, 6) is -1.29. The lowest BCUT2D eigenvalue weighted by atomic mass is 9.77. The van der Waals surface area contributed by atoms with Crippen LogP contribution in [0.4, 0.5) is 0 Å². The molecule has 2 aliphatic heterocycles. The highest BCUT2D eigenvalue weighted by Gasteiger charge is 2.43. The molecular weight excluding hydrogens is 492 g/mol. The molecule has 4 rings (SSSR count). The zero-order valence-corrected chi connectivity index (χ0v) is 22.0. The van der Waals surface area contributed by atoms with E-state index in [9.17, 15) is 19.2 Å². The van der Waals surface area contributed by atoms with Crippen molar-refractivity contribution >= 4 is 35.5 Å². The second-order valence-electron chi connectivity index (χ2n) is 9.54. The SMILES string of the molecule is COC(=O)C(CC(=O)N1CCC2(CCN(C(=O)c3cccnc3SC)CC2)C1)NC(=O)c1ccccc1. The smallest absolute Gasteiger partial charge is 0.328 e. The fourth-order valence-corrected chi connectivity index (χ4v) is 5.64. The summed E-state index contributed by atoms with van der Waals surface area (Å²) in [6, 6.07) is 11.1. The molecule has 1 N–H and O–H groups in total. The molecule has 1 spiro atoms. The number of amides is 3. The van der Waals surface area contributed by atoms with Gasteiger partial charge in [-0.3, -0.25) is 14.4 Å². The van der Waals surface area contributed by atoms with Crippen LogP contribution in [-0.4, -0.2) is 84.1 Å². The van der Waals surface area contributed by atoms with E-state index in [1.807, 2.05) is 17.2 Å². The Hall–Kier alpha value is -3.40. The zero-order chi connectivity index (χ0) is 26.4. The fraction of sp³-hybridized carbons (Fsp3) is 0.444. The van der Waals surface area contributed by atoms with Gasteiger partial charge in [-0.05, 0) is 55.2 Å². The summed E-state index contributed by atoms with van der Waals surface area (Å²) in [5.41, 5.74) is 0.986. The maximum atomic E-state index is 13.1. The predicted octanol–water partition coefficient (Wildman–Crippen LogP) is 2.62. The number of likely N-dealkylation sites (tertiary alicyclic amines) is 2. The lowest BCUT2D eigenvalue weighted by Gasteiger charge is -2.39. The lowest BCUT2D eigenvalue weighted by Crippen LogP contribution is -2.47. The van der Waals surface area contributed by atoms with Gasteiger partial charge in [-0.15, -0.1) is 11.8 Å². The predicted molar refractivity (Wildman–Crippen MR) is 139 cm³/mol. The number of methoxy groups -OCH3 is 1. The Kier molecular flexibility index (Phi) is 8.48. The Morgan fingerprint density at radius 2 is 1.70 bits per heavy atom. The number of carbonyl (C=O) groups is 4. The number of aromatic nitrogens is 1. The number of esters is 1. The van der Waals surface area contributed by atoms with Crippen molar-refractivity contribution in [2.24, 2.45) is 5.41 Å². The first-order valence-electron chi connectivity index (χ1n) is 12.4. The minimum atomic E-state index is -1.06. The number of ether oxygens (including phenoxy) is 1. The molecule has 10 heteroatoms. The van der Waals surface area contributed by atoms with Crippen LogP contribution in [0.1, 0.15) is 46.4 Å². The average molecular weight is 525 g/mol. The second-order valence-corrected chi connectivity index (χ2v) is 10.3. The van der Waals surface area contributed by atoms with E-state index in [-0.39, 0.29) is 23.7 Å². The van der Waals surface area contributed by atoms with Crippen molar-refractivity contribution in [3.8, 4) is 0 Å². The number of hydrogen-bond donors (Lipinski definition) is 1. The van der Waals surface area contributed by atoms with E-state index in [4.69, 9.17) is 4.74 Å². The first-order chi connectivity index (χ1) is 17.9. The van der Waals surface area contributed by atoms with Gasteiger partial charge in [0.05, 0.1) is 19.1 Å². The molecule has 1 aromatic carbocycles. The Morgan fingerprint density at radius 3 is 2.35 bits per heavy atom. The Bertz CT molecular complexity index is 1150. The molecule has 0 bridgehead atoms. The highest BCUT2D eigenvalue weighted by atomic mass is 32.2. The molecule has 1 aromatic heterocycles. The molecular formula is C27H32N4O5S. The van der Waals surface area contributed by atoms with Gasteiger partial charge in [0.25, 0.3) is 11.8 Å². The first kappa shape index (κ1) is 26.7. The summed E-state index contributed by atoms with van der Waals surface area (Å²) in [6.07, 6.45) is 5.90. The van der Waals surface area contributed by atoms with E-state index < -0.39 is 17.9 Å². The number of benzene rings is 1. The van der Waals surface area contributed by atoms with Crippen LogP contribution in [0.2, 0.25) is 0 Å². The molecule has 1 atom stereocenters. The molecule has 0 aliphatic carbocycles. The van der Waals surface area contributed by atoms with E-state index in [1.165, 1.54) is 18.9 Å². The molecule has 37 heavy (non-hydrogen) atoms. The van der Waals surface area contributed by atoms with Gasteiger partial charge in [-0.25, -0.2) is 9.78 Å². The van der Waals surface area contributed by atoms with Crippen molar-refractivity contribution in [1.82, 2.24) is 20.1 Å². The summed E-state index contributed by atoms with van der Waals surface area (Å²) >= 11 is 1.46. The highest BCUT2D eigenvalue weighted by Crippen LogP contribution is 2.41. The number of nitrogens with one attached hydrogen (secondary N) is 1. The normalized spacial score (nSPS) is 17.4. The lowest BCUT2D eigenvalue weighted by molar-refractivity contribution is -0.146. The number of piperidine rings is 1. The summed E-state index contributed by atoms with van der Waals surface area (Å²) < 4.78 is 4.84. The van der Waals surface area contributed by atoms with Gasteiger partial charge in [0.2, 0.25) is 5.91 Å². The molecule has 2 aromatic rings. The maximum Gasteiger partial charge on any atom is 0.328 e. The average Bonchev–Trinajstić information content (AvgIpc) is 3.36. The van der Waals surface area contributed by atoms with Crippen LogP contribution in [-0.2, 0) is 14.3 Å². The first-order valence-corrected chi connectivity index (χ1v) is 13.6. The topological polar surface area (TPSA) is 109 Å². The van der Waals surface area contributed by atoms with Crippen LogP contribution < -0.4 is 5.32 Å². The van der Waals surface area contributed by atoms with Gasteiger partial charge < -0.3 is 19.9 Å². The molecule has 3 amide bonds. The van der Waals surface area contributed by atoms with Crippen molar-refractivity contribution in [3.05, 3.63) is 59.8 Å². The van der Waals surface area contributed by atoms with Crippen LogP contribution in [0.25, 0.3) is 0 Å². The second kappa shape index (κ2) is 11.8. The molecule has 2 aliphatic rings. The third-order valence-electron chi connectivity index (χ3n) is 7.30. The van der Waals surface area contributed by atoms with E-state index in [2.05, 4.69) is 10.3 Å². The van der Waals surface area contributed by atoms with Crippen molar-refractivity contribution in [1.29, 1.82) is 0 Å². The Balaban J connectivity index is 1.34. The molecule has 3 heterocycles. The summed E-state index contributed by atoms with van der Waals surface area (Å²) in [6.45, 7) is 2.42. The molecule has 9 nitrogen and oxygen atoms in total. The van der Waals surface area contributed by atoms with Crippen LogP contribution in [0.15, 0.2) is 53.7 Å². The summed E-state index contributed by atoms with van der Waals surface area (Å²) in [4.78, 5) is 59.1. The van der Waals surface area contributed by atoms with Gasteiger partial charge in [0, 0.05) is 37.9 Å². The van der Waals surface area contributed by atoms with E-state index >= 15 is 0 Å². The van der Waals surface area contributed by atoms with Crippen LogP contribution in [0.5, 0.6) is 0 Å². The fourth-order valence-electron chi connectivity index (χ4n) is 5.10. The van der Waals surface area contributed by atoms with Crippen molar-refractivity contribution < 1.29 is 23.9 Å². The molecule has 196 valence electrons. The Labute approximate surface area is 220 Å². The quantitative estimate of drug-likeness (QED) is 0.438. The van der Waals surface area contributed by atoms with Crippen molar-refractivity contribution in [2.75, 3.05) is 39.5 Å². The number of nitrogens with zero attached hydrogens (tertiary/aromatic N) is 3. The number of carbonyl (C=O) groups excluding carboxylic acids is 4. The molecule has 0 radical (unpaired) electrons. The summed E-state index contributed by atoms with van der Waals surface area (Å²) in [7, 11) is 1.24. The van der Waals surface area contributed by atoms with Crippen molar-refractivity contribution in [3.63, 3.8) is 0 Å². The standard InChI is InChI=1S/C27H32N4O5S/c1-36-26(35)21(29-23(33)19-7-4-3-5-8-19)17-22(32)31-16-12-27(18-31)10-14-30(15-11-27)25(34)20-9-6-13-28-24(20)37-2/h3-9,13,21H,10-12,14-18H2,1-2H3,(H,29,33). The Morgan fingerprint density at radius 1 is 1.03 bits per heavy atom. The summed E-state index contributed by atoms with van der Waals surface area (Å²) in [5, 5.41) is 3.37. The molecule has 2 saturated heterocycles. The van der Waals surface area contributed by atoms with E-state index in [0.717, 1.165) is 24.3 Å². The van der Waals surface area contributed by atoms with Gasteiger partial charge in [-0.2, -0.15) is 0 Å². The third-order valence-corrected chi connectivity index (χ3v) is 8.02. The van der Waals surface area contributed by atoms with E-state index in [0.29, 0.717) is 37.3 Å². The third kappa shape index (κ3) is 6.12. The van der Waals surface area contributed by atoms with Crippen LogP contribution >= 0.6 is 11.8 Å². The van der Waals surface area contributed by atoms with Gasteiger partial charge in [0.1, 0.15) is 11.1 Å². The largest absolute Gasteiger partial charge is 0.467 e. The minimum Gasteiger partial charge on any atom is -0.467 e. The van der Waals surface area contributed by atoms with E-state index in [1.54, 1.807) is 47.5 Å². The monoisotopic (exact) mass is 524 g/mol. The van der Waals surface area contributed by atoms with Crippen molar-refractivity contribution in [2.45, 2.75) is 36.8 Å². The molecule has 1 unspecified atom stereocenters. The van der Waals surface area contributed by atoms with Gasteiger partial charge in [0.15, 0.2) is 0 Å². The number of hydrogen-bond acceptors (Lipinski definition) is 7. The number of pyridine rings is 1. The van der Waals surface area contributed by atoms with Gasteiger partial charge in [-0.1, -0.05) is 18.2 Å².